The molecule has 1 aromatic heterocycles. The van der Waals surface area contributed by atoms with Crippen LogP contribution in [0.2, 0.25) is 0 Å². The number of carbonyl (C=O) groups excluding carboxylic acids is 1. The Labute approximate surface area is 109 Å². The number of hydrogen-bond donors (Lipinski definition) is 2. The largest absolute Gasteiger partial charge is 0.368 e. The molecule has 0 unspecified atom stereocenters. The van der Waals surface area contributed by atoms with Crippen molar-refractivity contribution >= 4 is 17.2 Å². The number of nitrogens with one attached hydrogen (secondary N) is 1. The zero-order valence-corrected chi connectivity index (χ0v) is 10.6. The van der Waals surface area contributed by atoms with Crippen LogP contribution in [0.3, 0.4) is 0 Å². The number of benzene rings is 1. The minimum absolute atomic E-state index is 0.114. The maximum Gasteiger partial charge on any atom is 0.245 e. The third-order valence-corrected chi connectivity index (χ3v) is 3.26. The van der Waals surface area contributed by atoms with Crippen molar-refractivity contribution in [2.45, 2.75) is 6.54 Å². The minimum atomic E-state index is -0.487. The van der Waals surface area contributed by atoms with Gasteiger partial charge in [-0.2, -0.15) is 5.48 Å². The summed E-state index contributed by atoms with van der Waals surface area (Å²) in [5.41, 5.74) is 10.0. The van der Waals surface area contributed by atoms with E-state index in [4.69, 9.17) is 10.6 Å². The number of nitrogens with two attached hydrogens (primary N) is 1. The lowest BCUT2D eigenvalue weighted by Gasteiger charge is -2.01. The van der Waals surface area contributed by atoms with Crippen molar-refractivity contribution in [3.05, 3.63) is 46.7 Å². The molecule has 0 atom stereocenters. The van der Waals surface area contributed by atoms with Gasteiger partial charge in [0, 0.05) is 4.88 Å². The topological polar surface area (TPSA) is 64.4 Å². The van der Waals surface area contributed by atoms with Crippen LogP contribution in [0.5, 0.6) is 0 Å². The fourth-order valence-corrected chi connectivity index (χ4v) is 2.32. The van der Waals surface area contributed by atoms with E-state index in [9.17, 15) is 4.79 Å². The van der Waals surface area contributed by atoms with Gasteiger partial charge < -0.3 is 5.73 Å². The first-order valence-corrected chi connectivity index (χ1v) is 6.39. The monoisotopic (exact) mass is 262 g/mol. The summed E-state index contributed by atoms with van der Waals surface area (Å²) >= 11 is 1.64. The van der Waals surface area contributed by atoms with Crippen LogP contribution in [0.15, 0.2) is 41.8 Å². The van der Waals surface area contributed by atoms with E-state index in [1.165, 1.54) is 11.1 Å². The molecule has 0 spiro atoms. The average Bonchev–Trinajstić information content (AvgIpc) is 2.84. The highest BCUT2D eigenvalue weighted by Crippen LogP contribution is 2.25. The van der Waals surface area contributed by atoms with Crippen LogP contribution in [0.4, 0.5) is 0 Å². The Morgan fingerprint density at radius 1 is 1.28 bits per heavy atom. The smallest absolute Gasteiger partial charge is 0.245 e. The van der Waals surface area contributed by atoms with Gasteiger partial charge >= 0.3 is 0 Å². The highest BCUT2D eigenvalue weighted by Gasteiger charge is 2.02. The number of carbonyl (C=O) groups is 1. The van der Waals surface area contributed by atoms with Crippen molar-refractivity contribution < 1.29 is 9.63 Å². The average molecular weight is 262 g/mol. The summed E-state index contributed by atoms with van der Waals surface area (Å²) < 4.78 is 0. The van der Waals surface area contributed by atoms with Crippen LogP contribution in [0.25, 0.3) is 11.1 Å². The van der Waals surface area contributed by atoms with Gasteiger partial charge in [-0.05, 0) is 22.6 Å². The number of amides is 1. The van der Waals surface area contributed by atoms with E-state index in [0.29, 0.717) is 6.54 Å². The van der Waals surface area contributed by atoms with Crippen molar-refractivity contribution in [1.29, 1.82) is 0 Å². The molecule has 1 heterocycles. The van der Waals surface area contributed by atoms with Gasteiger partial charge in [0.2, 0.25) is 5.91 Å². The van der Waals surface area contributed by atoms with Crippen molar-refractivity contribution in [1.82, 2.24) is 5.48 Å². The molecule has 0 radical (unpaired) electrons. The number of hydrogen-bond acceptors (Lipinski definition) is 4. The quantitative estimate of drug-likeness (QED) is 0.617. The molecule has 0 aliphatic carbocycles. The summed E-state index contributed by atoms with van der Waals surface area (Å²) in [7, 11) is 0. The molecular formula is C13H14N2O2S. The number of hydroxylamine groups is 1. The molecule has 2 rings (SSSR count). The molecule has 0 aliphatic heterocycles. The van der Waals surface area contributed by atoms with Gasteiger partial charge in [-0.3, -0.25) is 9.63 Å². The lowest BCUT2D eigenvalue weighted by molar-refractivity contribution is -0.125. The highest BCUT2D eigenvalue weighted by atomic mass is 32.1. The van der Waals surface area contributed by atoms with Crippen molar-refractivity contribution in [3.63, 3.8) is 0 Å². The summed E-state index contributed by atoms with van der Waals surface area (Å²) in [6.07, 6.45) is 0. The summed E-state index contributed by atoms with van der Waals surface area (Å²) in [6, 6.07) is 12.3. The summed E-state index contributed by atoms with van der Waals surface area (Å²) in [6.45, 7) is 0.446. The summed E-state index contributed by atoms with van der Waals surface area (Å²) in [5.74, 6) is -0.487. The minimum Gasteiger partial charge on any atom is -0.368 e. The SMILES string of the molecule is NC(=O)CONCc1cc(-c2ccccc2)cs1. The predicted octanol–water partition coefficient (Wildman–Crippen LogP) is 1.92. The number of thiophene rings is 1. The Balaban J connectivity index is 1.89. The maximum atomic E-state index is 10.5. The van der Waals surface area contributed by atoms with Gasteiger partial charge in [0.05, 0.1) is 6.54 Å². The molecule has 0 saturated carbocycles. The molecule has 2 aromatic rings. The molecular weight excluding hydrogens is 248 g/mol. The molecule has 18 heavy (non-hydrogen) atoms. The zero-order chi connectivity index (χ0) is 12.8. The zero-order valence-electron chi connectivity index (χ0n) is 9.76. The lowest BCUT2D eigenvalue weighted by Crippen LogP contribution is -2.24. The molecule has 94 valence electrons. The first-order valence-electron chi connectivity index (χ1n) is 5.51. The van der Waals surface area contributed by atoms with Crippen LogP contribution in [0, 0.1) is 0 Å². The standard InChI is InChI=1S/C13H14N2O2S/c14-13(16)8-17-15-7-12-6-11(9-18-12)10-4-2-1-3-5-10/h1-6,9,15H,7-8H2,(H2,14,16). The number of primary amides is 1. The second kappa shape index (κ2) is 6.30. The Bertz CT molecular complexity index is 511. The van der Waals surface area contributed by atoms with Gasteiger partial charge in [-0.15, -0.1) is 11.3 Å². The van der Waals surface area contributed by atoms with E-state index in [0.717, 1.165) is 4.88 Å². The van der Waals surface area contributed by atoms with E-state index in [2.05, 4.69) is 29.1 Å². The highest BCUT2D eigenvalue weighted by molar-refractivity contribution is 7.10. The van der Waals surface area contributed by atoms with Crippen LogP contribution < -0.4 is 11.2 Å². The Hall–Kier alpha value is -1.69. The van der Waals surface area contributed by atoms with E-state index in [-0.39, 0.29) is 6.61 Å². The van der Waals surface area contributed by atoms with Gasteiger partial charge in [-0.1, -0.05) is 30.3 Å². The molecule has 0 bridgehead atoms. The molecule has 0 saturated heterocycles. The van der Waals surface area contributed by atoms with Gasteiger partial charge in [0.1, 0.15) is 6.61 Å². The lowest BCUT2D eigenvalue weighted by atomic mass is 10.1. The van der Waals surface area contributed by atoms with Crippen molar-refractivity contribution in [2.24, 2.45) is 5.73 Å². The Kier molecular flexibility index (Phi) is 4.46. The van der Waals surface area contributed by atoms with E-state index < -0.39 is 5.91 Å². The van der Waals surface area contributed by atoms with Gasteiger partial charge in [0.15, 0.2) is 0 Å². The van der Waals surface area contributed by atoms with Crippen LogP contribution >= 0.6 is 11.3 Å². The normalized spacial score (nSPS) is 10.4. The van der Waals surface area contributed by atoms with E-state index in [1.807, 2.05) is 18.2 Å². The second-order valence-corrected chi connectivity index (χ2v) is 4.74. The summed E-state index contributed by atoms with van der Waals surface area (Å²) in [4.78, 5) is 16.5. The molecule has 1 aromatic carbocycles. The first-order chi connectivity index (χ1) is 8.75. The Morgan fingerprint density at radius 3 is 2.78 bits per heavy atom. The molecule has 4 nitrogen and oxygen atoms in total. The molecule has 5 heteroatoms. The van der Waals surface area contributed by atoms with Crippen molar-refractivity contribution in [2.75, 3.05) is 6.61 Å². The number of rotatable bonds is 6. The fraction of sp³-hybridized carbons (Fsp3) is 0.154. The maximum absolute atomic E-state index is 10.5. The van der Waals surface area contributed by atoms with Crippen LogP contribution in [-0.2, 0) is 16.2 Å². The molecule has 1 amide bonds. The molecule has 0 fully saturated rings. The van der Waals surface area contributed by atoms with Crippen LogP contribution in [0.1, 0.15) is 4.88 Å². The summed E-state index contributed by atoms with van der Waals surface area (Å²) in [5, 5.41) is 2.10. The van der Waals surface area contributed by atoms with Gasteiger partial charge in [-0.25, -0.2) is 0 Å². The predicted molar refractivity (Wildman–Crippen MR) is 71.7 cm³/mol. The first kappa shape index (κ1) is 12.8. The third-order valence-electron chi connectivity index (χ3n) is 2.32. The van der Waals surface area contributed by atoms with Gasteiger partial charge in [0.25, 0.3) is 0 Å². The molecule has 0 aliphatic rings. The fourth-order valence-electron chi connectivity index (χ4n) is 1.50. The second-order valence-electron chi connectivity index (χ2n) is 3.74. The van der Waals surface area contributed by atoms with E-state index in [1.54, 1.807) is 11.3 Å². The Morgan fingerprint density at radius 2 is 2.06 bits per heavy atom. The van der Waals surface area contributed by atoms with E-state index >= 15 is 0 Å². The van der Waals surface area contributed by atoms with Crippen molar-refractivity contribution in [3.8, 4) is 11.1 Å². The third kappa shape index (κ3) is 3.66. The van der Waals surface area contributed by atoms with Crippen LogP contribution in [-0.4, -0.2) is 12.5 Å². The molecule has 3 N–H and O–H groups in total.